The Labute approximate surface area is 136 Å². The minimum atomic E-state index is 0.113. The average molecular weight is 325 g/mol. The van der Waals surface area contributed by atoms with Crippen molar-refractivity contribution in [3.8, 4) is 11.5 Å². The predicted molar refractivity (Wildman–Crippen MR) is 92.0 cm³/mol. The van der Waals surface area contributed by atoms with E-state index in [2.05, 4.69) is 15.8 Å². The van der Waals surface area contributed by atoms with Crippen molar-refractivity contribution < 1.29 is 14.2 Å². The summed E-state index contributed by atoms with van der Waals surface area (Å²) in [5, 5.41) is 7.78. The first-order valence-corrected chi connectivity index (χ1v) is 7.24. The summed E-state index contributed by atoms with van der Waals surface area (Å²) >= 11 is 5.17. The Morgan fingerprint density at radius 1 is 1.23 bits per heavy atom. The molecule has 0 aliphatic heterocycles. The third kappa shape index (κ3) is 5.50. The van der Waals surface area contributed by atoms with E-state index in [0.717, 1.165) is 11.3 Å². The Morgan fingerprint density at radius 2 is 1.91 bits per heavy atom. The van der Waals surface area contributed by atoms with Gasteiger partial charge in [0.2, 0.25) is 0 Å². The van der Waals surface area contributed by atoms with Gasteiger partial charge in [-0.3, -0.25) is 5.43 Å². The van der Waals surface area contributed by atoms with Crippen molar-refractivity contribution >= 4 is 23.0 Å². The van der Waals surface area contributed by atoms with E-state index in [1.807, 2.05) is 32.0 Å². The molecule has 0 aliphatic carbocycles. The van der Waals surface area contributed by atoms with E-state index in [1.165, 1.54) is 0 Å². The van der Waals surface area contributed by atoms with Crippen LogP contribution in [0.15, 0.2) is 23.3 Å². The molecule has 0 radical (unpaired) electrons. The van der Waals surface area contributed by atoms with Crippen molar-refractivity contribution in [1.29, 1.82) is 0 Å². The molecule has 122 valence electrons. The van der Waals surface area contributed by atoms with Gasteiger partial charge in [0, 0.05) is 18.7 Å². The smallest absolute Gasteiger partial charge is 0.187 e. The number of rotatable bonds is 7. The number of ether oxygens (including phenoxy) is 3. The number of hydrogen-bond acceptors (Lipinski definition) is 5. The van der Waals surface area contributed by atoms with Crippen molar-refractivity contribution in [2.45, 2.75) is 19.9 Å². The summed E-state index contributed by atoms with van der Waals surface area (Å²) in [6.45, 7) is 4.43. The minimum Gasteiger partial charge on any atom is -0.493 e. The summed E-state index contributed by atoms with van der Waals surface area (Å²) in [7, 11) is 4.85. The Bertz CT molecular complexity index is 535. The number of benzene rings is 1. The van der Waals surface area contributed by atoms with Crippen molar-refractivity contribution in [2.24, 2.45) is 5.10 Å². The second-order valence-electron chi connectivity index (χ2n) is 4.71. The lowest BCUT2D eigenvalue weighted by Gasteiger charge is -2.14. The summed E-state index contributed by atoms with van der Waals surface area (Å²) in [5.74, 6) is 1.33. The fourth-order valence-electron chi connectivity index (χ4n) is 1.81. The molecule has 0 unspecified atom stereocenters. The summed E-state index contributed by atoms with van der Waals surface area (Å²) in [6, 6.07) is 5.72. The molecule has 0 aliphatic rings. The van der Waals surface area contributed by atoms with Crippen LogP contribution < -0.4 is 20.2 Å². The van der Waals surface area contributed by atoms with E-state index in [4.69, 9.17) is 26.4 Å². The van der Waals surface area contributed by atoms with Crippen LogP contribution in [0.4, 0.5) is 0 Å². The Morgan fingerprint density at radius 3 is 2.50 bits per heavy atom. The zero-order valence-corrected chi connectivity index (χ0v) is 14.4. The quantitative estimate of drug-likeness (QED) is 0.454. The van der Waals surface area contributed by atoms with Crippen LogP contribution in [-0.4, -0.2) is 44.8 Å². The average Bonchev–Trinajstić information content (AvgIpc) is 2.52. The van der Waals surface area contributed by atoms with Gasteiger partial charge in [-0.05, 0) is 44.3 Å². The van der Waals surface area contributed by atoms with E-state index < -0.39 is 0 Å². The second-order valence-corrected chi connectivity index (χ2v) is 5.12. The lowest BCUT2D eigenvalue weighted by molar-refractivity contribution is 0.179. The van der Waals surface area contributed by atoms with E-state index in [1.54, 1.807) is 21.3 Å². The fourth-order valence-corrected chi connectivity index (χ4v) is 2.06. The zero-order valence-electron chi connectivity index (χ0n) is 13.6. The van der Waals surface area contributed by atoms with Crippen LogP contribution >= 0.6 is 12.2 Å². The second kappa shape index (κ2) is 9.22. The molecule has 0 bridgehead atoms. The summed E-state index contributed by atoms with van der Waals surface area (Å²) in [4.78, 5) is 0. The maximum Gasteiger partial charge on any atom is 0.187 e. The Balaban J connectivity index is 2.70. The van der Waals surface area contributed by atoms with Crippen molar-refractivity contribution in [3.05, 3.63) is 23.8 Å². The predicted octanol–water partition coefficient (Wildman–Crippen LogP) is 1.93. The summed E-state index contributed by atoms with van der Waals surface area (Å²) in [5.41, 5.74) is 4.51. The number of nitrogens with zero attached hydrogens (tertiary/aromatic N) is 1. The highest BCUT2D eigenvalue weighted by atomic mass is 32.1. The largest absolute Gasteiger partial charge is 0.493 e. The number of nitrogens with one attached hydrogen (secondary N) is 2. The molecule has 1 aromatic carbocycles. The number of hydrazone groups is 1. The molecule has 0 amide bonds. The van der Waals surface area contributed by atoms with Crippen LogP contribution in [0.3, 0.4) is 0 Å². The van der Waals surface area contributed by atoms with Crippen molar-refractivity contribution in [1.82, 2.24) is 10.7 Å². The molecular formula is C15H23N3O3S. The highest BCUT2D eigenvalue weighted by Crippen LogP contribution is 2.27. The van der Waals surface area contributed by atoms with Crippen LogP contribution in [-0.2, 0) is 4.74 Å². The first kappa shape index (κ1) is 18.2. The van der Waals surface area contributed by atoms with Gasteiger partial charge >= 0.3 is 0 Å². The van der Waals surface area contributed by atoms with Crippen LogP contribution in [0.1, 0.15) is 19.4 Å². The van der Waals surface area contributed by atoms with Gasteiger partial charge in [0.25, 0.3) is 0 Å². The van der Waals surface area contributed by atoms with Gasteiger partial charge in [-0.2, -0.15) is 5.10 Å². The molecule has 1 aromatic rings. The first-order chi connectivity index (χ1) is 10.5. The fraction of sp³-hybridized carbons (Fsp3) is 0.467. The van der Waals surface area contributed by atoms with Gasteiger partial charge in [-0.25, -0.2) is 0 Å². The zero-order chi connectivity index (χ0) is 16.5. The van der Waals surface area contributed by atoms with Crippen LogP contribution in [0.25, 0.3) is 0 Å². The molecule has 0 saturated heterocycles. The van der Waals surface area contributed by atoms with Gasteiger partial charge in [0.05, 0.1) is 26.5 Å². The number of methoxy groups -OCH3 is 3. The first-order valence-electron chi connectivity index (χ1n) is 6.84. The highest BCUT2D eigenvalue weighted by molar-refractivity contribution is 7.80. The van der Waals surface area contributed by atoms with Crippen LogP contribution in [0.5, 0.6) is 11.5 Å². The van der Waals surface area contributed by atoms with Crippen molar-refractivity contribution in [2.75, 3.05) is 27.9 Å². The van der Waals surface area contributed by atoms with Gasteiger partial charge < -0.3 is 19.5 Å². The molecule has 6 nitrogen and oxygen atoms in total. The third-order valence-electron chi connectivity index (χ3n) is 2.92. The molecule has 0 spiro atoms. The number of hydrogen-bond donors (Lipinski definition) is 2. The van der Waals surface area contributed by atoms with E-state index in [9.17, 15) is 0 Å². The molecular weight excluding hydrogens is 302 g/mol. The third-order valence-corrected chi connectivity index (χ3v) is 3.13. The highest BCUT2D eigenvalue weighted by Gasteiger charge is 2.07. The number of thiocarbonyl (C=S) groups is 1. The normalized spacial score (nSPS) is 12.5. The minimum absolute atomic E-state index is 0.113. The molecule has 0 saturated carbocycles. The lowest BCUT2D eigenvalue weighted by Crippen LogP contribution is -2.40. The van der Waals surface area contributed by atoms with Gasteiger partial charge in [-0.15, -0.1) is 0 Å². The lowest BCUT2D eigenvalue weighted by atomic mass is 10.1. The molecule has 2 N–H and O–H groups in total. The van der Waals surface area contributed by atoms with Crippen LogP contribution in [0.2, 0.25) is 0 Å². The standard InChI is InChI=1S/C15H23N3O3S/c1-10(9-19-3)16-15(22)18-17-11(2)12-6-7-13(20-4)14(8-12)21-5/h6-8,10H,9H2,1-5H3,(H2,16,18,22)/b17-11-/t10-/m0/s1. The van der Waals surface area contributed by atoms with Crippen molar-refractivity contribution in [3.63, 3.8) is 0 Å². The molecule has 7 heteroatoms. The molecule has 1 atom stereocenters. The van der Waals surface area contributed by atoms with E-state index in [-0.39, 0.29) is 6.04 Å². The van der Waals surface area contributed by atoms with Crippen LogP contribution in [0, 0.1) is 0 Å². The monoisotopic (exact) mass is 325 g/mol. The maximum atomic E-state index is 5.28. The molecule has 0 heterocycles. The SMILES string of the molecule is COC[C@H](C)NC(=S)N/N=C(/C)c1ccc(OC)c(OC)c1. The Kier molecular flexibility index (Phi) is 7.62. The maximum absolute atomic E-state index is 5.28. The van der Waals surface area contributed by atoms with Gasteiger partial charge in [0.15, 0.2) is 16.6 Å². The topological polar surface area (TPSA) is 64.1 Å². The molecule has 1 rings (SSSR count). The molecule has 0 aromatic heterocycles. The van der Waals surface area contributed by atoms with E-state index in [0.29, 0.717) is 23.2 Å². The summed E-state index contributed by atoms with van der Waals surface area (Å²) < 4.78 is 15.5. The molecule has 22 heavy (non-hydrogen) atoms. The Hall–Kier alpha value is -1.86. The van der Waals surface area contributed by atoms with E-state index >= 15 is 0 Å². The van der Waals surface area contributed by atoms with Gasteiger partial charge in [0.1, 0.15) is 0 Å². The molecule has 0 fully saturated rings. The summed E-state index contributed by atoms with van der Waals surface area (Å²) in [6.07, 6.45) is 0. The van der Waals surface area contributed by atoms with Gasteiger partial charge in [-0.1, -0.05) is 0 Å².